The van der Waals surface area contributed by atoms with Gasteiger partial charge in [0.25, 0.3) is 0 Å². The number of pyridine rings is 2. The van der Waals surface area contributed by atoms with E-state index in [2.05, 4.69) is 9.97 Å². The zero-order valence-corrected chi connectivity index (χ0v) is 12.5. The van der Waals surface area contributed by atoms with E-state index in [-0.39, 0.29) is 28.6 Å². The highest BCUT2D eigenvalue weighted by Gasteiger charge is 2.29. The van der Waals surface area contributed by atoms with Crippen LogP contribution in [0.1, 0.15) is 13.3 Å². The van der Waals surface area contributed by atoms with Crippen molar-refractivity contribution in [3.8, 4) is 0 Å². The summed E-state index contributed by atoms with van der Waals surface area (Å²) in [4.78, 5) is 33.7. The molecule has 1 aliphatic heterocycles. The second-order valence-electron chi connectivity index (χ2n) is 5.55. The molecule has 0 bridgehead atoms. The van der Waals surface area contributed by atoms with E-state index in [9.17, 15) is 14.0 Å². The van der Waals surface area contributed by atoms with Crippen LogP contribution in [-0.4, -0.2) is 47.0 Å². The van der Waals surface area contributed by atoms with Gasteiger partial charge >= 0.3 is 0 Å². The Balaban J connectivity index is 1.93. The molecule has 6 nitrogen and oxygen atoms in total. The van der Waals surface area contributed by atoms with Crippen LogP contribution < -0.4 is 10.3 Å². The van der Waals surface area contributed by atoms with Gasteiger partial charge in [0.2, 0.25) is 5.91 Å². The Morgan fingerprint density at radius 3 is 3.05 bits per heavy atom. The summed E-state index contributed by atoms with van der Waals surface area (Å²) in [6.45, 7) is 2.67. The predicted molar refractivity (Wildman–Crippen MR) is 81.4 cm³/mol. The third-order valence-corrected chi connectivity index (χ3v) is 4.19. The van der Waals surface area contributed by atoms with E-state index in [1.807, 2.05) is 4.90 Å². The van der Waals surface area contributed by atoms with Gasteiger partial charge in [-0.3, -0.25) is 9.59 Å². The van der Waals surface area contributed by atoms with Crippen LogP contribution in [0.15, 0.2) is 23.1 Å². The molecule has 2 aromatic heterocycles. The fraction of sp³-hybridized carbons (Fsp3) is 0.400. The van der Waals surface area contributed by atoms with Crippen molar-refractivity contribution in [3.05, 3.63) is 34.4 Å². The van der Waals surface area contributed by atoms with Crippen molar-refractivity contribution in [2.24, 2.45) is 0 Å². The third-order valence-electron chi connectivity index (χ3n) is 4.19. The lowest BCUT2D eigenvalue weighted by Crippen LogP contribution is -2.37. The molecule has 2 aromatic rings. The van der Waals surface area contributed by atoms with Crippen LogP contribution in [0.5, 0.6) is 0 Å². The fourth-order valence-corrected chi connectivity index (χ4v) is 2.79. The Hall–Kier alpha value is -2.44. The van der Waals surface area contributed by atoms with Gasteiger partial charge in [-0.25, -0.2) is 9.37 Å². The molecule has 0 radical (unpaired) electrons. The first-order valence-electron chi connectivity index (χ1n) is 7.13. The van der Waals surface area contributed by atoms with Crippen LogP contribution >= 0.6 is 0 Å². The number of carbonyl (C=O) groups is 1. The first kappa shape index (κ1) is 14.5. The first-order valence-corrected chi connectivity index (χ1v) is 7.13. The molecule has 0 saturated carbocycles. The van der Waals surface area contributed by atoms with Crippen molar-refractivity contribution in [2.75, 3.05) is 25.0 Å². The highest BCUT2D eigenvalue weighted by Crippen LogP contribution is 2.25. The number of aromatic amines is 1. The van der Waals surface area contributed by atoms with E-state index in [0.29, 0.717) is 18.7 Å². The van der Waals surface area contributed by atoms with Crippen LogP contribution in [-0.2, 0) is 4.79 Å². The molecule has 1 unspecified atom stereocenters. The summed E-state index contributed by atoms with van der Waals surface area (Å²) in [5.74, 6) is -0.313. The standard InChI is InChI=1S/C15H17FN4O2/c1-9(21)19(2)10-4-6-20(8-10)15-12(16)7-11-13(22)3-5-17-14(11)18-15/h3,5,7,10H,4,6,8H2,1-2H3,(H,17,18,22). The van der Waals surface area contributed by atoms with Gasteiger partial charge in [-0.15, -0.1) is 0 Å². The maximum atomic E-state index is 14.3. The van der Waals surface area contributed by atoms with Crippen molar-refractivity contribution in [3.63, 3.8) is 0 Å². The number of hydrogen-bond donors (Lipinski definition) is 1. The lowest BCUT2D eigenvalue weighted by molar-refractivity contribution is -0.129. The van der Waals surface area contributed by atoms with E-state index in [1.54, 1.807) is 11.9 Å². The molecule has 0 aromatic carbocycles. The number of aromatic nitrogens is 2. The minimum absolute atomic E-state index is 0.0110. The van der Waals surface area contributed by atoms with Crippen LogP contribution in [0, 0.1) is 5.82 Å². The van der Waals surface area contributed by atoms with E-state index in [4.69, 9.17) is 0 Å². The summed E-state index contributed by atoms with van der Waals surface area (Å²) in [7, 11) is 1.75. The van der Waals surface area contributed by atoms with Crippen LogP contribution in [0.4, 0.5) is 10.2 Å². The number of fused-ring (bicyclic) bond motifs is 1. The molecule has 1 amide bonds. The molecule has 1 fully saturated rings. The quantitative estimate of drug-likeness (QED) is 0.902. The zero-order chi connectivity index (χ0) is 15.9. The van der Waals surface area contributed by atoms with Gasteiger partial charge in [-0.1, -0.05) is 0 Å². The number of anilines is 1. The smallest absolute Gasteiger partial charge is 0.219 e. The number of hydrogen-bond acceptors (Lipinski definition) is 4. The molecule has 7 heteroatoms. The monoisotopic (exact) mass is 304 g/mol. The van der Waals surface area contributed by atoms with Crippen molar-refractivity contribution >= 4 is 22.8 Å². The molecule has 3 heterocycles. The van der Waals surface area contributed by atoms with Gasteiger partial charge < -0.3 is 14.8 Å². The molecule has 1 atom stereocenters. The highest BCUT2D eigenvalue weighted by atomic mass is 19.1. The van der Waals surface area contributed by atoms with Crippen LogP contribution in [0.3, 0.4) is 0 Å². The SMILES string of the molecule is CC(=O)N(C)C1CCN(c2nc3[nH]ccc(=O)c3cc2F)C1. The first-order chi connectivity index (χ1) is 10.5. The number of likely N-dealkylation sites (N-methyl/N-ethyl adjacent to an activating group) is 1. The Morgan fingerprint density at radius 2 is 2.32 bits per heavy atom. The minimum atomic E-state index is -0.518. The van der Waals surface area contributed by atoms with E-state index in [1.165, 1.54) is 25.3 Å². The summed E-state index contributed by atoms with van der Waals surface area (Å²) >= 11 is 0. The van der Waals surface area contributed by atoms with E-state index >= 15 is 0 Å². The average molecular weight is 304 g/mol. The average Bonchev–Trinajstić information content (AvgIpc) is 2.96. The van der Waals surface area contributed by atoms with Crippen molar-refractivity contribution in [1.29, 1.82) is 0 Å². The number of nitrogens with one attached hydrogen (secondary N) is 1. The molecule has 1 N–H and O–H groups in total. The normalized spacial score (nSPS) is 18.0. The predicted octanol–water partition coefficient (Wildman–Crippen LogP) is 1.12. The second-order valence-corrected chi connectivity index (χ2v) is 5.55. The molecule has 116 valence electrons. The number of carbonyl (C=O) groups excluding carboxylic acids is 1. The molecule has 3 rings (SSSR count). The summed E-state index contributed by atoms with van der Waals surface area (Å²) in [5, 5.41) is 0.236. The van der Waals surface area contributed by atoms with Crippen molar-refractivity contribution < 1.29 is 9.18 Å². The van der Waals surface area contributed by atoms with E-state index < -0.39 is 5.82 Å². The van der Waals surface area contributed by atoms with Gasteiger partial charge in [0.1, 0.15) is 5.65 Å². The van der Waals surface area contributed by atoms with Crippen LogP contribution in [0.25, 0.3) is 11.0 Å². The summed E-state index contributed by atoms with van der Waals surface area (Å²) in [6.07, 6.45) is 2.26. The molecule has 1 aliphatic rings. The molecule has 1 saturated heterocycles. The number of amides is 1. The summed E-state index contributed by atoms with van der Waals surface area (Å²) < 4.78 is 14.3. The third kappa shape index (κ3) is 2.43. The van der Waals surface area contributed by atoms with E-state index in [0.717, 1.165) is 6.42 Å². The lowest BCUT2D eigenvalue weighted by Gasteiger charge is -2.24. The molecule has 0 spiro atoms. The lowest BCUT2D eigenvalue weighted by atomic mass is 10.2. The zero-order valence-electron chi connectivity index (χ0n) is 12.5. The molecule has 22 heavy (non-hydrogen) atoms. The maximum absolute atomic E-state index is 14.3. The highest BCUT2D eigenvalue weighted by molar-refractivity contribution is 5.77. The Kier molecular flexibility index (Phi) is 3.56. The number of rotatable bonds is 2. The fourth-order valence-electron chi connectivity index (χ4n) is 2.79. The van der Waals surface area contributed by atoms with Crippen molar-refractivity contribution in [2.45, 2.75) is 19.4 Å². The topological polar surface area (TPSA) is 69.3 Å². The van der Waals surface area contributed by atoms with Gasteiger partial charge in [0.05, 0.1) is 11.4 Å². The van der Waals surface area contributed by atoms with Crippen LogP contribution in [0.2, 0.25) is 0 Å². The van der Waals surface area contributed by atoms with Gasteiger partial charge in [-0.05, 0) is 12.5 Å². The maximum Gasteiger partial charge on any atom is 0.219 e. The Labute approximate surface area is 126 Å². The number of nitrogens with zero attached hydrogens (tertiary/aromatic N) is 3. The second kappa shape index (κ2) is 5.40. The minimum Gasteiger partial charge on any atom is -0.352 e. The van der Waals surface area contributed by atoms with Gasteiger partial charge in [-0.2, -0.15) is 0 Å². The summed E-state index contributed by atoms with van der Waals surface area (Å²) in [6, 6.07) is 2.61. The molecular formula is C15H17FN4O2. The van der Waals surface area contributed by atoms with Gasteiger partial charge in [0, 0.05) is 39.3 Å². The number of halogens is 1. The van der Waals surface area contributed by atoms with Gasteiger partial charge in [0.15, 0.2) is 17.1 Å². The van der Waals surface area contributed by atoms with Crippen molar-refractivity contribution in [1.82, 2.24) is 14.9 Å². The number of H-pyrrole nitrogens is 1. The Morgan fingerprint density at radius 1 is 1.55 bits per heavy atom. The summed E-state index contributed by atoms with van der Waals surface area (Å²) in [5.41, 5.74) is 0.106. The molecular weight excluding hydrogens is 287 g/mol. The molecule has 0 aliphatic carbocycles. The Bertz CT molecular complexity index is 789. The largest absolute Gasteiger partial charge is 0.352 e.